The molecule has 0 bridgehead atoms. The van der Waals surface area contributed by atoms with Crippen molar-refractivity contribution in [3.8, 4) is 0 Å². The number of unbranched alkanes of at least 4 members (excludes halogenated alkanes) is 4. The fourth-order valence-corrected chi connectivity index (χ4v) is 1.81. The summed E-state index contributed by atoms with van der Waals surface area (Å²) >= 11 is 0. The van der Waals surface area contributed by atoms with E-state index in [1.807, 2.05) is 0 Å². The van der Waals surface area contributed by atoms with Crippen LogP contribution in [0.3, 0.4) is 0 Å². The van der Waals surface area contributed by atoms with Crippen molar-refractivity contribution in [1.82, 2.24) is 0 Å². The Hall–Kier alpha value is -0.0400. The van der Waals surface area contributed by atoms with Gasteiger partial charge in [-0.15, -0.1) is 0 Å². The molecule has 0 saturated carbocycles. The molecule has 0 rings (SSSR count). The van der Waals surface area contributed by atoms with Crippen LogP contribution in [0, 0.1) is 5.92 Å². The van der Waals surface area contributed by atoms with Gasteiger partial charge in [0.05, 0.1) is 0 Å². The van der Waals surface area contributed by atoms with Gasteiger partial charge in [0.25, 0.3) is 0 Å². The number of hydrogen-bond acceptors (Lipinski definition) is 1. The minimum Gasteiger partial charge on any atom is -0.328 e. The molecule has 0 aromatic carbocycles. The molecule has 1 heteroatoms. The Morgan fingerprint density at radius 3 is 2.21 bits per heavy atom. The van der Waals surface area contributed by atoms with Crippen molar-refractivity contribution in [1.29, 1.82) is 0 Å². The summed E-state index contributed by atoms with van der Waals surface area (Å²) in [7, 11) is 0. The topological polar surface area (TPSA) is 26.0 Å². The Labute approximate surface area is 90.5 Å². The summed E-state index contributed by atoms with van der Waals surface area (Å²) in [6.07, 6.45) is 10.5. The maximum absolute atomic E-state index is 6.06. The van der Waals surface area contributed by atoms with Crippen LogP contribution in [0.4, 0.5) is 0 Å². The number of rotatable bonds is 9. The highest BCUT2D eigenvalue weighted by Gasteiger charge is 2.06. The Balaban J connectivity index is 3.22. The van der Waals surface area contributed by atoms with Crippen molar-refractivity contribution in [2.45, 2.75) is 78.2 Å². The molecular weight excluding hydrogens is 170 g/mol. The third-order valence-corrected chi connectivity index (χ3v) is 3.08. The van der Waals surface area contributed by atoms with Gasteiger partial charge in [-0.3, -0.25) is 0 Å². The predicted octanol–water partition coefficient (Wildman–Crippen LogP) is 4.11. The quantitative estimate of drug-likeness (QED) is 0.556. The van der Waals surface area contributed by atoms with Gasteiger partial charge < -0.3 is 5.73 Å². The van der Waals surface area contributed by atoms with Gasteiger partial charge in [-0.25, -0.2) is 0 Å². The van der Waals surface area contributed by atoms with Crippen LogP contribution in [-0.2, 0) is 0 Å². The zero-order valence-electron chi connectivity index (χ0n) is 10.4. The van der Waals surface area contributed by atoms with E-state index in [4.69, 9.17) is 5.73 Å². The summed E-state index contributed by atoms with van der Waals surface area (Å²) in [4.78, 5) is 0. The van der Waals surface area contributed by atoms with Crippen LogP contribution in [0.15, 0.2) is 0 Å². The maximum atomic E-state index is 6.06. The minimum absolute atomic E-state index is 0.451. The molecule has 0 aliphatic heterocycles. The summed E-state index contributed by atoms with van der Waals surface area (Å²) < 4.78 is 0. The van der Waals surface area contributed by atoms with Crippen LogP contribution >= 0.6 is 0 Å². The first-order valence-corrected chi connectivity index (χ1v) is 6.46. The summed E-state index contributed by atoms with van der Waals surface area (Å²) in [5, 5.41) is 0. The van der Waals surface area contributed by atoms with Gasteiger partial charge in [-0.05, 0) is 18.8 Å². The Bertz CT molecular complexity index is 112. The minimum atomic E-state index is 0.451. The first-order valence-electron chi connectivity index (χ1n) is 6.46. The third-order valence-electron chi connectivity index (χ3n) is 3.08. The van der Waals surface area contributed by atoms with Crippen molar-refractivity contribution in [3.05, 3.63) is 0 Å². The molecule has 14 heavy (non-hydrogen) atoms. The average Bonchev–Trinajstić information content (AvgIpc) is 2.17. The fourth-order valence-electron chi connectivity index (χ4n) is 1.81. The highest BCUT2D eigenvalue weighted by atomic mass is 14.6. The van der Waals surface area contributed by atoms with E-state index in [1.165, 1.54) is 51.4 Å². The Morgan fingerprint density at radius 1 is 1.00 bits per heavy atom. The normalized spacial score (nSPS) is 15.4. The first-order chi connectivity index (χ1) is 6.70. The van der Waals surface area contributed by atoms with Gasteiger partial charge >= 0.3 is 0 Å². The molecule has 0 spiro atoms. The van der Waals surface area contributed by atoms with E-state index in [1.54, 1.807) is 0 Å². The van der Waals surface area contributed by atoms with Crippen LogP contribution in [0.25, 0.3) is 0 Å². The first kappa shape index (κ1) is 14.0. The van der Waals surface area contributed by atoms with Crippen molar-refractivity contribution < 1.29 is 0 Å². The Kier molecular flexibility index (Phi) is 9.49. The van der Waals surface area contributed by atoms with Crippen molar-refractivity contribution in [3.63, 3.8) is 0 Å². The predicted molar refractivity (Wildman–Crippen MR) is 65.4 cm³/mol. The molecule has 86 valence electrons. The van der Waals surface area contributed by atoms with E-state index >= 15 is 0 Å². The molecule has 2 N–H and O–H groups in total. The van der Waals surface area contributed by atoms with Crippen molar-refractivity contribution in [2.75, 3.05) is 0 Å². The summed E-state index contributed by atoms with van der Waals surface area (Å²) in [6, 6.07) is 0.451. The van der Waals surface area contributed by atoms with Gasteiger partial charge in [0.1, 0.15) is 0 Å². The largest absolute Gasteiger partial charge is 0.328 e. The molecular formula is C13H29N. The lowest BCUT2D eigenvalue weighted by Crippen LogP contribution is -2.22. The highest BCUT2D eigenvalue weighted by Crippen LogP contribution is 2.13. The second kappa shape index (κ2) is 9.51. The lowest BCUT2D eigenvalue weighted by Gasteiger charge is -2.15. The SMILES string of the molecule is CCCCCCCC(N)CC(C)CC. The molecule has 0 amide bonds. The average molecular weight is 199 g/mol. The zero-order chi connectivity index (χ0) is 10.8. The maximum Gasteiger partial charge on any atom is 0.00413 e. The van der Waals surface area contributed by atoms with E-state index in [-0.39, 0.29) is 0 Å². The molecule has 1 nitrogen and oxygen atoms in total. The molecule has 0 aromatic heterocycles. The molecule has 2 unspecified atom stereocenters. The van der Waals surface area contributed by atoms with E-state index in [0.717, 1.165) is 5.92 Å². The molecule has 2 atom stereocenters. The molecule has 0 heterocycles. The molecule has 0 radical (unpaired) electrons. The molecule has 0 aromatic rings. The fraction of sp³-hybridized carbons (Fsp3) is 1.00. The van der Waals surface area contributed by atoms with Gasteiger partial charge in [-0.1, -0.05) is 59.3 Å². The lowest BCUT2D eigenvalue weighted by atomic mass is 9.96. The van der Waals surface area contributed by atoms with Crippen LogP contribution in [0.2, 0.25) is 0 Å². The lowest BCUT2D eigenvalue weighted by molar-refractivity contribution is 0.422. The third kappa shape index (κ3) is 8.55. The molecule has 0 aliphatic carbocycles. The van der Waals surface area contributed by atoms with Crippen LogP contribution in [-0.4, -0.2) is 6.04 Å². The molecule has 0 fully saturated rings. The second-order valence-electron chi connectivity index (χ2n) is 4.71. The zero-order valence-corrected chi connectivity index (χ0v) is 10.4. The van der Waals surface area contributed by atoms with Crippen molar-refractivity contribution >= 4 is 0 Å². The van der Waals surface area contributed by atoms with Gasteiger partial charge in [0.15, 0.2) is 0 Å². The van der Waals surface area contributed by atoms with Crippen LogP contribution in [0.1, 0.15) is 72.1 Å². The monoisotopic (exact) mass is 199 g/mol. The standard InChI is InChI=1S/C13H29N/c1-4-6-7-8-9-10-13(14)11-12(3)5-2/h12-13H,4-11,14H2,1-3H3. The molecule has 0 aliphatic rings. The van der Waals surface area contributed by atoms with Crippen LogP contribution < -0.4 is 5.73 Å². The summed E-state index contributed by atoms with van der Waals surface area (Å²) in [5.41, 5.74) is 6.06. The number of hydrogen-bond donors (Lipinski definition) is 1. The smallest absolute Gasteiger partial charge is 0.00413 e. The van der Waals surface area contributed by atoms with E-state index < -0.39 is 0 Å². The van der Waals surface area contributed by atoms with E-state index in [2.05, 4.69) is 20.8 Å². The van der Waals surface area contributed by atoms with E-state index in [9.17, 15) is 0 Å². The summed E-state index contributed by atoms with van der Waals surface area (Å²) in [5.74, 6) is 0.806. The van der Waals surface area contributed by atoms with Gasteiger partial charge in [-0.2, -0.15) is 0 Å². The van der Waals surface area contributed by atoms with Crippen LogP contribution in [0.5, 0.6) is 0 Å². The second-order valence-corrected chi connectivity index (χ2v) is 4.71. The highest BCUT2D eigenvalue weighted by molar-refractivity contribution is 4.65. The Morgan fingerprint density at radius 2 is 1.64 bits per heavy atom. The molecule has 0 saturated heterocycles. The van der Waals surface area contributed by atoms with Gasteiger partial charge in [0.2, 0.25) is 0 Å². The summed E-state index contributed by atoms with van der Waals surface area (Å²) in [6.45, 7) is 6.81. The van der Waals surface area contributed by atoms with E-state index in [0.29, 0.717) is 6.04 Å². The van der Waals surface area contributed by atoms with Gasteiger partial charge in [0, 0.05) is 6.04 Å². The number of nitrogens with two attached hydrogens (primary N) is 1. The van der Waals surface area contributed by atoms with Crippen molar-refractivity contribution in [2.24, 2.45) is 11.7 Å².